The molecule has 0 aromatic heterocycles. The van der Waals surface area contributed by atoms with Crippen LogP contribution in [0.15, 0.2) is 16.6 Å². The third-order valence-corrected chi connectivity index (χ3v) is 4.90. The van der Waals surface area contributed by atoms with E-state index >= 15 is 0 Å². The highest BCUT2D eigenvalue weighted by atomic mass is 79.9. The van der Waals surface area contributed by atoms with E-state index in [9.17, 15) is 4.79 Å². The van der Waals surface area contributed by atoms with Crippen LogP contribution in [0.25, 0.3) is 0 Å². The number of nitrogens with one attached hydrogen (secondary N) is 1. The standard InChI is InChI=1S/C15H21BrN2O/c1-8-4-5-14(9(8)2)18-15(19)12-6-11(16)7-13(17)10(12)3/h6-9,14H,4-5,17H2,1-3H3,(H,18,19). The third kappa shape index (κ3) is 2.94. The van der Waals surface area contributed by atoms with Crippen molar-refractivity contribution in [3.63, 3.8) is 0 Å². The molecule has 104 valence electrons. The van der Waals surface area contributed by atoms with E-state index in [2.05, 4.69) is 35.1 Å². The number of carbonyl (C=O) groups excluding carboxylic acids is 1. The molecule has 1 amide bonds. The first-order chi connectivity index (χ1) is 8.90. The lowest BCUT2D eigenvalue weighted by Crippen LogP contribution is -2.37. The Bertz CT molecular complexity index is 501. The Hall–Kier alpha value is -1.03. The SMILES string of the molecule is Cc1c(N)cc(Br)cc1C(=O)NC1CCC(C)C1C. The lowest BCUT2D eigenvalue weighted by molar-refractivity contribution is 0.0926. The van der Waals surface area contributed by atoms with Crippen LogP contribution in [0.1, 0.15) is 42.6 Å². The first kappa shape index (κ1) is 14.4. The Kier molecular flexibility index (Phi) is 4.19. The highest BCUT2D eigenvalue weighted by Gasteiger charge is 2.31. The highest BCUT2D eigenvalue weighted by Crippen LogP contribution is 2.31. The van der Waals surface area contributed by atoms with Gasteiger partial charge in [-0.1, -0.05) is 29.8 Å². The molecule has 3 atom stereocenters. The van der Waals surface area contributed by atoms with Gasteiger partial charge in [-0.25, -0.2) is 0 Å². The fraction of sp³-hybridized carbons (Fsp3) is 0.533. The molecule has 4 heteroatoms. The van der Waals surface area contributed by atoms with Crippen molar-refractivity contribution in [1.82, 2.24) is 5.32 Å². The molecule has 1 aliphatic carbocycles. The van der Waals surface area contributed by atoms with Gasteiger partial charge in [-0.05, 0) is 49.3 Å². The van der Waals surface area contributed by atoms with Crippen LogP contribution in [0.5, 0.6) is 0 Å². The van der Waals surface area contributed by atoms with Gasteiger partial charge in [-0.3, -0.25) is 4.79 Å². The van der Waals surface area contributed by atoms with Crippen molar-refractivity contribution in [3.8, 4) is 0 Å². The second-order valence-corrected chi connectivity index (χ2v) is 6.58. The van der Waals surface area contributed by atoms with Crippen molar-refractivity contribution in [2.24, 2.45) is 11.8 Å². The number of nitrogens with two attached hydrogens (primary N) is 1. The van der Waals surface area contributed by atoms with E-state index in [-0.39, 0.29) is 11.9 Å². The number of hydrogen-bond acceptors (Lipinski definition) is 2. The van der Waals surface area contributed by atoms with Crippen molar-refractivity contribution >= 4 is 27.5 Å². The van der Waals surface area contributed by atoms with Crippen molar-refractivity contribution in [2.45, 2.75) is 39.7 Å². The molecule has 0 aliphatic heterocycles. The summed E-state index contributed by atoms with van der Waals surface area (Å²) in [4.78, 5) is 12.4. The molecule has 19 heavy (non-hydrogen) atoms. The maximum absolute atomic E-state index is 12.4. The molecule has 1 aromatic rings. The summed E-state index contributed by atoms with van der Waals surface area (Å²) in [6.07, 6.45) is 2.25. The summed E-state index contributed by atoms with van der Waals surface area (Å²) in [7, 11) is 0. The van der Waals surface area contributed by atoms with Gasteiger partial charge in [0, 0.05) is 21.8 Å². The average molecular weight is 325 g/mol. The van der Waals surface area contributed by atoms with Gasteiger partial charge in [0.05, 0.1) is 0 Å². The summed E-state index contributed by atoms with van der Waals surface area (Å²) in [5, 5.41) is 3.16. The quantitative estimate of drug-likeness (QED) is 0.818. The van der Waals surface area contributed by atoms with Crippen LogP contribution in [0.2, 0.25) is 0 Å². The Labute approximate surface area is 123 Å². The van der Waals surface area contributed by atoms with Gasteiger partial charge in [0.25, 0.3) is 5.91 Å². The monoisotopic (exact) mass is 324 g/mol. The second-order valence-electron chi connectivity index (χ2n) is 5.66. The molecule has 1 aliphatic rings. The van der Waals surface area contributed by atoms with Crippen molar-refractivity contribution in [3.05, 3.63) is 27.7 Å². The number of rotatable bonds is 2. The molecule has 0 heterocycles. The number of carbonyl (C=O) groups is 1. The van der Waals surface area contributed by atoms with Crippen LogP contribution >= 0.6 is 15.9 Å². The first-order valence-corrected chi connectivity index (χ1v) is 7.56. The van der Waals surface area contributed by atoms with E-state index in [1.807, 2.05) is 19.1 Å². The average Bonchev–Trinajstić information content (AvgIpc) is 2.65. The summed E-state index contributed by atoms with van der Waals surface area (Å²) in [6.45, 7) is 6.35. The van der Waals surface area contributed by atoms with E-state index in [0.29, 0.717) is 23.1 Å². The molecule has 1 aromatic carbocycles. The van der Waals surface area contributed by atoms with Gasteiger partial charge in [-0.2, -0.15) is 0 Å². The topological polar surface area (TPSA) is 55.1 Å². The minimum atomic E-state index is -0.0172. The molecular formula is C15H21BrN2O. The number of hydrogen-bond donors (Lipinski definition) is 2. The van der Waals surface area contributed by atoms with Crippen LogP contribution in [-0.4, -0.2) is 11.9 Å². The summed E-state index contributed by atoms with van der Waals surface area (Å²) in [6, 6.07) is 3.94. The number of benzene rings is 1. The van der Waals surface area contributed by atoms with Gasteiger partial charge >= 0.3 is 0 Å². The number of amides is 1. The van der Waals surface area contributed by atoms with E-state index < -0.39 is 0 Å². The van der Waals surface area contributed by atoms with Crippen LogP contribution in [-0.2, 0) is 0 Å². The van der Waals surface area contributed by atoms with Crippen LogP contribution in [0.3, 0.4) is 0 Å². The van der Waals surface area contributed by atoms with Gasteiger partial charge < -0.3 is 11.1 Å². The lowest BCUT2D eigenvalue weighted by Gasteiger charge is -2.20. The first-order valence-electron chi connectivity index (χ1n) is 6.76. The molecule has 0 bridgehead atoms. The van der Waals surface area contributed by atoms with Gasteiger partial charge in [0.2, 0.25) is 0 Å². The third-order valence-electron chi connectivity index (χ3n) is 4.44. The zero-order valence-corrected chi connectivity index (χ0v) is 13.3. The molecule has 0 spiro atoms. The van der Waals surface area contributed by atoms with Crippen LogP contribution in [0.4, 0.5) is 5.69 Å². The fourth-order valence-electron chi connectivity index (χ4n) is 2.75. The van der Waals surface area contributed by atoms with Gasteiger partial charge in [-0.15, -0.1) is 0 Å². The second kappa shape index (κ2) is 5.53. The van der Waals surface area contributed by atoms with Crippen molar-refractivity contribution < 1.29 is 4.79 Å². The van der Waals surface area contributed by atoms with Crippen molar-refractivity contribution in [1.29, 1.82) is 0 Å². The minimum Gasteiger partial charge on any atom is -0.398 e. The normalized spacial score (nSPS) is 26.4. The number of anilines is 1. The van der Waals surface area contributed by atoms with Gasteiger partial charge in [0.15, 0.2) is 0 Å². The molecule has 3 unspecified atom stereocenters. The zero-order valence-electron chi connectivity index (χ0n) is 11.7. The smallest absolute Gasteiger partial charge is 0.251 e. The Morgan fingerprint density at radius 3 is 2.63 bits per heavy atom. The molecule has 0 radical (unpaired) electrons. The fourth-order valence-corrected chi connectivity index (χ4v) is 3.23. The molecule has 2 rings (SSSR count). The Morgan fingerprint density at radius 2 is 2.05 bits per heavy atom. The maximum atomic E-state index is 12.4. The predicted molar refractivity (Wildman–Crippen MR) is 82.1 cm³/mol. The summed E-state index contributed by atoms with van der Waals surface area (Å²) in [5.74, 6) is 1.20. The Morgan fingerprint density at radius 1 is 1.37 bits per heavy atom. The minimum absolute atomic E-state index is 0.0172. The number of nitrogen functional groups attached to an aromatic ring is 1. The van der Waals surface area contributed by atoms with Crippen LogP contribution in [0, 0.1) is 18.8 Å². The van der Waals surface area contributed by atoms with E-state index in [4.69, 9.17) is 5.73 Å². The molecule has 0 saturated heterocycles. The summed E-state index contributed by atoms with van der Waals surface area (Å²) in [5.41, 5.74) is 8.06. The molecule has 1 fully saturated rings. The molecule has 3 nitrogen and oxygen atoms in total. The largest absolute Gasteiger partial charge is 0.398 e. The predicted octanol–water partition coefficient (Wildman–Crippen LogP) is 3.50. The maximum Gasteiger partial charge on any atom is 0.251 e. The Balaban J connectivity index is 2.17. The molecule has 1 saturated carbocycles. The summed E-state index contributed by atoms with van der Waals surface area (Å²) >= 11 is 3.39. The van der Waals surface area contributed by atoms with Gasteiger partial charge in [0.1, 0.15) is 0 Å². The lowest BCUT2D eigenvalue weighted by atomic mass is 9.97. The highest BCUT2D eigenvalue weighted by molar-refractivity contribution is 9.10. The van der Waals surface area contributed by atoms with Crippen LogP contribution < -0.4 is 11.1 Å². The van der Waals surface area contributed by atoms with E-state index in [1.165, 1.54) is 6.42 Å². The van der Waals surface area contributed by atoms with E-state index in [1.54, 1.807) is 0 Å². The molecule has 3 N–H and O–H groups in total. The van der Waals surface area contributed by atoms with E-state index in [0.717, 1.165) is 16.5 Å². The number of halogens is 1. The van der Waals surface area contributed by atoms with Crippen molar-refractivity contribution in [2.75, 3.05) is 5.73 Å². The summed E-state index contributed by atoms with van der Waals surface area (Å²) < 4.78 is 0.841. The molecular weight excluding hydrogens is 304 g/mol. The zero-order chi connectivity index (χ0) is 14.2.